The Morgan fingerprint density at radius 2 is 2.00 bits per heavy atom. The first-order chi connectivity index (χ1) is 8.81. The summed E-state index contributed by atoms with van der Waals surface area (Å²) in [5, 5.41) is 1.62. The number of rotatable bonds is 3. The third-order valence-corrected chi connectivity index (χ3v) is 2.01. The first-order valence-corrected chi connectivity index (χ1v) is 5.30. The van der Waals surface area contributed by atoms with Gasteiger partial charge in [0.25, 0.3) is 0 Å². The summed E-state index contributed by atoms with van der Waals surface area (Å²) in [5.41, 5.74) is 11.1. The Labute approximate surface area is 113 Å². The van der Waals surface area contributed by atoms with Crippen LogP contribution in [0.25, 0.3) is 6.08 Å². The van der Waals surface area contributed by atoms with Crippen molar-refractivity contribution in [3.8, 4) is 0 Å². The van der Waals surface area contributed by atoms with Crippen molar-refractivity contribution in [1.29, 1.82) is 0 Å². The van der Waals surface area contributed by atoms with Crippen molar-refractivity contribution in [1.82, 2.24) is 5.06 Å². The van der Waals surface area contributed by atoms with Gasteiger partial charge in [-0.15, -0.1) is 0 Å². The summed E-state index contributed by atoms with van der Waals surface area (Å²) in [5.74, 6) is -0.630. The van der Waals surface area contributed by atoms with E-state index in [1.807, 2.05) is 14.1 Å². The zero-order valence-electron chi connectivity index (χ0n) is 11.2. The molecule has 0 atom stereocenters. The van der Waals surface area contributed by atoms with Crippen molar-refractivity contribution in [2.45, 2.75) is 0 Å². The molecule has 0 heterocycles. The van der Waals surface area contributed by atoms with E-state index in [4.69, 9.17) is 19.3 Å². The third kappa shape index (κ3) is 6.59. The second-order valence-corrected chi connectivity index (χ2v) is 3.76. The standard InChI is InChI=1S/C9H8BFN2O.C3H9NO/c10-6-1-5(2-7(12)4-14)9(13)8(11)3-6;1-4(2)5-3/h1-4H,12-13H2;1-3H3/b7-2-;. The molecule has 1 aromatic rings. The maximum atomic E-state index is 13.0. The molecule has 7 heteroatoms. The van der Waals surface area contributed by atoms with Crippen LogP contribution in [0.4, 0.5) is 10.1 Å². The van der Waals surface area contributed by atoms with Crippen LogP contribution in [0.15, 0.2) is 17.8 Å². The molecule has 5 nitrogen and oxygen atoms in total. The normalized spacial score (nSPS) is 10.9. The number of nitrogen functional groups attached to an aromatic ring is 1. The number of hydrogen-bond acceptors (Lipinski definition) is 5. The second kappa shape index (κ2) is 8.28. The maximum absolute atomic E-state index is 13.0. The topological polar surface area (TPSA) is 81.6 Å². The summed E-state index contributed by atoms with van der Waals surface area (Å²) in [7, 11) is 10.7. The largest absolute Gasteiger partial charge is 0.396 e. The molecular formula is C12H17BFN3O2. The molecule has 1 aromatic carbocycles. The number of carbonyl (C=O) groups is 1. The van der Waals surface area contributed by atoms with Crippen LogP contribution in [-0.2, 0) is 9.63 Å². The van der Waals surface area contributed by atoms with E-state index in [9.17, 15) is 9.18 Å². The van der Waals surface area contributed by atoms with Gasteiger partial charge in [0, 0.05) is 19.7 Å². The molecule has 0 saturated heterocycles. The van der Waals surface area contributed by atoms with Crippen molar-refractivity contribution in [2.24, 2.45) is 5.73 Å². The van der Waals surface area contributed by atoms with Crippen molar-refractivity contribution < 1.29 is 14.0 Å². The molecule has 0 aliphatic heterocycles. The van der Waals surface area contributed by atoms with Gasteiger partial charge in [0.15, 0.2) is 6.29 Å². The fourth-order valence-corrected chi connectivity index (χ4v) is 0.994. The molecule has 19 heavy (non-hydrogen) atoms. The summed E-state index contributed by atoms with van der Waals surface area (Å²) in [6.45, 7) is 0. The van der Waals surface area contributed by atoms with Crippen LogP contribution in [-0.4, -0.2) is 40.4 Å². The highest BCUT2D eigenvalue weighted by atomic mass is 19.1. The molecule has 0 aliphatic carbocycles. The smallest absolute Gasteiger partial charge is 0.165 e. The second-order valence-electron chi connectivity index (χ2n) is 3.76. The Morgan fingerprint density at radius 3 is 2.42 bits per heavy atom. The number of carbonyl (C=O) groups excluding carboxylic acids is 1. The Hall–Kier alpha value is -1.86. The Kier molecular flexibility index (Phi) is 7.47. The number of nitrogens with two attached hydrogens (primary N) is 2. The van der Waals surface area contributed by atoms with Gasteiger partial charge in [-0.25, -0.2) is 4.39 Å². The van der Waals surface area contributed by atoms with Crippen LogP contribution in [0.3, 0.4) is 0 Å². The van der Waals surface area contributed by atoms with E-state index in [1.165, 1.54) is 12.1 Å². The number of hydrogen-bond donors (Lipinski definition) is 2. The zero-order valence-corrected chi connectivity index (χ0v) is 11.2. The summed E-state index contributed by atoms with van der Waals surface area (Å²) in [4.78, 5) is 14.8. The lowest BCUT2D eigenvalue weighted by atomic mass is 9.93. The number of benzene rings is 1. The average molecular weight is 265 g/mol. The number of aldehydes is 1. The fraction of sp³-hybridized carbons (Fsp3) is 0.250. The van der Waals surface area contributed by atoms with Crippen LogP contribution in [0.5, 0.6) is 0 Å². The minimum atomic E-state index is -0.630. The summed E-state index contributed by atoms with van der Waals surface area (Å²) in [6, 6.07) is 2.54. The molecule has 102 valence electrons. The molecule has 2 radical (unpaired) electrons. The highest BCUT2D eigenvalue weighted by Crippen LogP contribution is 2.16. The van der Waals surface area contributed by atoms with E-state index in [2.05, 4.69) is 4.84 Å². The lowest BCUT2D eigenvalue weighted by Gasteiger charge is -2.04. The molecule has 0 unspecified atom stereocenters. The van der Waals surface area contributed by atoms with Gasteiger partial charge < -0.3 is 16.3 Å². The van der Waals surface area contributed by atoms with Gasteiger partial charge in [-0.1, -0.05) is 11.5 Å². The average Bonchev–Trinajstić information content (AvgIpc) is 2.35. The Morgan fingerprint density at radius 1 is 1.47 bits per heavy atom. The van der Waals surface area contributed by atoms with Crippen LogP contribution >= 0.6 is 0 Å². The van der Waals surface area contributed by atoms with Crippen LogP contribution in [0, 0.1) is 5.82 Å². The van der Waals surface area contributed by atoms with Gasteiger partial charge in [0.1, 0.15) is 13.7 Å². The molecule has 0 aromatic heterocycles. The first kappa shape index (κ1) is 17.1. The van der Waals surface area contributed by atoms with Crippen molar-refractivity contribution in [3.05, 3.63) is 29.2 Å². The van der Waals surface area contributed by atoms with Gasteiger partial charge in [-0.05, 0) is 12.1 Å². The highest BCUT2D eigenvalue weighted by Gasteiger charge is 2.04. The summed E-state index contributed by atoms with van der Waals surface area (Å²) < 4.78 is 13.0. The van der Waals surface area contributed by atoms with Gasteiger partial charge >= 0.3 is 0 Å². The van der Waals surface area contributed by atoms with E-state index < -0.39 is 5.82 Å². The molecule has 4 N–H and O–H groups in total. The quantitative estimate of drug-likeness (QED) is 0.260. The number of hydroxylamine groups is 2. The summed E-state index contributed by atoms with van der Waals surface area (Å²) in [6.07, 6.45) is 1.71. The number of anilines is 1. The minimum absolute atomic E-state index is 0.0401. The monoisotopic (exact) mass is 265 g/mol. The van der Waals surface area contributed by atoms with Crippen LogP contribution < -0.4 is 16.9 Å². The Balaban J connectivity index is 0.000000555. The van der Waals surface area contributed by atoms with Crippen molar-refractivity contribution >= 4 is 31.4 Å². The van der Waals surface area contributed by atoms with Gasteiger partial charge in [-0.3, -0.25) is 4.79 Å². The molecule has 0 spiro atoms. The third-order valence-electron chi connectivity index (χ3n) is 2.01. The van der Waals surface area contributed by atoms with Crippen LogP contribution in [0.2, 0.25) is 0 Å². The minimum Gasteiger partial charge on any atom is -0.396 e. The predicted molar refractivity (Wildman–Crippen MR) is 75.1 cm³/mol. The van der Waals surface area contributed by atoms with E-state index in [1.54, 1.807) is 12.2 Å². The molecule has 1 rings (SSSR count). The van der Waals surface area contributed by atoms with Crippen molar-refractivity contribution in [3.63, 3.8) is 0 Å². The zero-order chi connectivity index (χ0) is 15.0. The molecule has 0 fully saturated rings. The van der Waals surface area contributed by atoms with E-state index in [0.717, 1.165) is 6.07 Å². The van der Waals surface area contributed by atoms with Gasteiger partial charge in [0.2, 0.25) is 0 Å². The Bertz CT molecular complexity index is 465. The van der Waals surface area contributed by atoms with Gasteiger partial charge in [-0.2, -0.15) is 5.06 Å². The fourth-order valence-electron chi connectivity index (χ4n) is 0.994. The SMILES string of the molecule is CON(C)C.[B]c1cc(F)c(N)c(/C=C(\N)C=O)c1. The molecule has 0 aliphatic rings. The van der Waals surface area contributed by atoms with Crippen LogP contribution in [0.1, 0.15) is 5.56 Å². The van der Waals surface area contributed by atoms with E-state index in [0.29, 0.717) is 11.8 Å². The van der Waals surface area contributed by atoms with E-state index >= 15 is 0 Å². The van der Waals surface area contributed by atoms with Gasteiger partial charge in [0.05, 0.1) is 18.5 Å². The lowest BCUT2D eigenvalue weighted by Crippen LogP contribution is -2.08. The first-order valence-electron chi connectivity index (χ1n) is 5.30. The number of nitrogens with zero attached hydrogens (tertiary/aromatic N) is 1. The molecule has 0 bridgehead atoms. The number of halogens is 1. The molecule has 0 saturated carbocycles. The van der Waals surface area contributed by atoms with Crippen molar-refractivity contribution in [2.75, 3.05) is 26.9 Å². The molecule has 0 amide bonds. The number of allylic oxidation sites excluding steroid dienone is 1. The lowest BCUT2D eigenvalue weighted by molar-refractivity contribution is -0.104. The molecular weight excluding hydrogens is 248 g/mol. The van der Waals surface area contributed by atoms with E-state index in [-0.39, 0.29) is 16.8 Å². The maximum Gasteiger partial charge on any atom is 0.165 e. The summed E-state index contributed by atoms with van der Waals surface area (Å²) >= 11 is 0. The highest BCUT2D eigenvalue weighted by molar-refractivity contribution is 6.32. The predicted octanol–water partition coefficient (Wildman–Crippen LogP) is -0.190.